The van der Waals surface area contributed by atoms with Crippen molar-refractivity contribution < 1.29 is 14.6 Å². The van der Waals surface area contributed by atoms with E-state index in [-0.39, 0.29) is 22.4 Å². The molecular weight excluding hydrogens is 779 g/mol. The summed E-state index contributed by atoms with van der Waals surface area (Å²) in [7, 11) is 0. The van der Waals surface area contributed by atoms with Crippen LogP contribution in [0.2, 0.25) is 0 Å². The summed E-state index contributed by atoms with van der Waals surface area (Å²) in [6, 6.07) is 0. The van der Waals surface area contributed by atoms with Crippen molar-refractivity contribution in [3.8, 4) is 0 Å². The van der Waals surface area contributed by atoms with Crippen LogP contribution >= 0.6 is 11.8 Å². The third kappa shape index (κ3) is 30.1. The molecule has 62 heavy (non-hydrogen) atoms. The minimum atomic E-state index is -0.661. The van der Waals surface area contributed by atoms with Gasteiger partial charge in [-0.1, -0.05) is 208 Å². The van der Waals surface area contributed by atoms with Gasteiger partial charge >= 0.3 is 5.97 Å². The summed E-state index contributed by atoms with van der Waals surface area (Å²) in [6.45, 7) is 28.9. The molecule has 0 spiro atoms. The molecule has 0 aromatic rings. The molecule has 1 N–H and O–H groups in total. The number of likely N-dealkylation sites (tertiary alicyclic amines) is 1. The number of rotatable bonds is 41. The van der Waals surface area contributed by atoms with Crippen LogP contribution in [-0.2, 0) is 9.53 Å². The first-order valence-corrected chi connectivity index (χ1v) is 28.6. The molecule has 0 unspecified atom stereocenters. The summed E-state index contributed by atoms with van der Waals surface area (Å²) >= 11 is 2.09. The van der Waals surface area contributed by atoms with Crippen LogP contribution in [0.3, 0.4) is 0 Å². The predicted octanol–water partition coefficient (Wildman–Crippen LogP) is 18.2. The van der Waals surface area contributed by atoms with Crippen molar-refractivity contribution in [2.45, 2.75) is 329 Å². The summed E-state index contributed by atoms with van der Waals surface area (Å²) in [4.78, 5) is 16.6. The van der Waals surface area contributed by atoms with Crippen LogP contribution in [0, 0.1) is 17.3 Å². The molecule has 1 heterocycles. The average molecular weight is 893 g/mol. The van der Waals surface area contributed by atoms with E-state index < -0.39 is 11.0 Å². The molecule has 0 aromatic carbocycles. The van der Waals surface area contributed by atoms with E-state index >= 15 is 0 Å². The van der Waals surface area contributed by atoms with Gasteiger partial charge in [0.2, 0.25) is 0 Å². The maximum absolute atomic E-state index is 14.1. The van der Waals surface area contributed by atoms with Crippen molar-refractivity contribution in [1.29, 1.82) is 0 Å². The van der Waals surface area contributed by atoms with E-state index in [4.69, 9.17) is 4.74 Å². The lowest BCUT2D eigenvalue weighted by Crippen LogP contribution is -2.52. The number of piperidine rings is 1. The minimum Gasteiger partial charge on any atom is -0.462 e. The van der Waals surface area contributed by atoms with Gasteiger partial charge in [-0.2, -0.15) is 11.8 Å². The average Bonchev–Trinajstić information content (AvgIpc) is 3.19. The van der Waals surface area contributed by atoms with Crippen LogP contribution < -0.4 is 0 Å². The minimum absolute atomic E-state index is 0.00862. The zero-order valence-corrected chi connectivity index (χ0v) is 45.2. The highest BCUT2D eigenvalue weighted by Gasteiger charge is 2.40. The molecule has 1 aliphatic rings. The highest BCUT2D eigenvalue weighted by atomic mass is 32.2. The molecule has 0 saturated carbocycles. The Kier molecular flexibility index (Phi) is 32.9. The highest BCUT2D eigenvalue weighted by Crippen LogP contribution is 2.43. The van der Waals surface area contributed by atoms with Gasteiger partial charge in [0.05, 0.1) is 11.0 Å². The largest absolute Gasteiger partial charge is 0.462 e. The van der Waals surface area contributed by atoms with Crippen molar-refractivity contribution >= 4 is 17.7 Å². The predicted molar refractivity (Wildman–Crippen MR) is 278 cm³/mol. The first-order chi connectivity index (χ1) is 29.4. The van der Waals surface area contributed by atoms with Crippen LogP contribution in [0.25, 0.3) is 0 Å². The molecule has 370 valence electrons. The number of esters is 1. The Hall–Kier alpha value is -0.260. The van der Waals surface area contributed by atoms with Gasteiger partial charge in [-0.05, 0) is 118 Å². The smallest absolute Gasteiger partial charge is 0.311 e. The number of aliphatic hydroxyl groups is 1. The van der Waals surface area contributed by atoms with Crippen LogP contribution in [-0.4, -0.2) is 56.3 Å². The molecule has 0 aliphatic carbocycles. The van der Waals surface area contributed by atoms with E-state index in [0.717, 1.165) is 63.5 Å². The molecule has 4 nitrogen and oxygen atoms in total. The van der Waals surface area contributed by atoms with E-state index in [0.29, 0.717) is 5.25 Å². The molecule has 0 bridgehead atoms. The molecule has 0 atom stereocenters. The molecule has 1 saturated heterocycles. The van der Waals surface area contributed by atoms with Crippen LogP contribution in [0.1, 0.15) is 301 Å². The second kappa shape index (κ2) is 34.1. The molecule has 5 heteroatoms. The third-order valence-electron chi connectivity index (χ3n) is 14.5. The molecule has 0 aromatic heterocycles. The van der Waals surface area contributed by atoms with Crippen molar-refractivity contribution in [3.63, 3.8) is 0 Å². The van der Waals surface area contributed by atoms with Crippen molar-refractivity contribution in [2.75, 3.05) is 13.1 Å². The first-order valence-electron chi connectivity index (χ1n) is 27.7. The van der Waals surface area contributed by atoms with Gasteiger partial charge in [0.15, 0.2) is 0 Å². The second-order valence-corrected chi connectivity index (χ2v) is 25.4. The molecule has 1 rings (SSSR count). The maximum Gasteiger partial charge on any atom is 0.311 e. The quantitative estimate of drug-likeness (QED) is 0.0490. The topological polar surface area (TPSA) is 49.8 Å². The zero-order valence-electron chi connectivity index (χ0n) is 44.4. The van der Waals surface area contributed by atoms with E-state index in [1.807, 2.05) is 13.8 Å². The second-order valence-electron chi connectivity index (χ2n) is 23.4. The van der Waals surface area contributed by atoms with Gasteiger partial charge in [-0.15, -0.1) is 0 Å². The Morgan fingerprint density at radius 3 is 1.23 bits per heavy atom. The van der Waals surface area contributed by atoms with Crippen LogP contribution in [0.4, 0.5) is 0 Å². The monoisotopic (exact) mass is 892 g/mol. The van der Waals surface area contributed by atoms with E-state index in [2.05, 4.69) is 85.9 Å². The zero-order chi connectivity index (χ0) is 46.3. The Morgan fingerprint density at radius 1 is 0.532 bits per heavy atom. The van der Waals surface area contributed by atoms with Gasteiger partial charge < -0.3 is 9.84 Å². The van der Waals surface area contributed by atoms with E-state index in [9.17, 15) is 9.90 Å². The summed E-state index contributed by atoms with van der Waals surface area (Å²) in [5.41, 5.74) is -1.18. The van der Waals surface area contributed by atoms with Crippen molar-refractivity contribution in [2.24, 2.45) is 17.3 Å². The number of thioether (sulfide) groups is 1. The fourth-order valence-electron chi connectivity index (χ4n) is 11.2. The summed E-state index contributed by atoms with van der Waals surface area (Å²) < 4.78 is 6.53. The molecule has 0 amide bonds. The third-order valence-corrected chi connectivity index (χ3v) is 16.1. The number of hydrogen-bond donors (Lipinski definition) is 1. The molecule has 1 aliphatic heterocycles. The number of carbonyl (C=O) groups excluding carboxylic acids is 1. The molecule has 1 fully saturated rings. The number of unbranched alkanes of at least 4 members (excludes halogenated alkanes) is 16. The fraction of sp³-hybridized carbons (Fsp3) is 0.982. The Labute approximate surface area is 394 Å². The van der Waals surface area contributed by atoms with Crippen LogP contribution in [0.15, 0.2) is 0 Å². The Balaban J connectivity index is 2.65. The highest BCUT2D eigenvalue weighted by molar-refractivity contribution is 8.01. The fourth-order valence-corrected chi connectivity index (χ4v) is 13.0. The maximum atomic E-state index is 14.1. The van der Waals surface area contributed by atoms with Gasteiger partial charge in [-0.25, -0.2) is 0 Å². The van der Waals surface area contributed by atoms with Crippen molar-refractivity contribution in [3.05, 3.63) is 0 Å². The number of carbonyl (C=O) groups is 1. The summed E-state index contributed by atoms with van der Waals surface area (Å²) in [5, 5.41) is 11.1. The standard InChI is InChI=1S/C57H113NO3S/c1-13-17-35-49(36-18-14-2)39-31-27-23-21-25-29-33-41-51(42-34-30-26-22-24-28-32-40-50(37-19-15-3)38-20-16-4)61-53(59)54(5,6)47-57(11,12)62-52-43-45-58(46-44-52)55(7,8)48-56(9,10)60/h49-52,60H,13-48H2,1-12H3. The summed E-state index contributed by atoms with van der Waals surface area (Å²) in [6.07, 6.45) is 44.3. The van der Waals surface area contributed by atoms with Gasteiger partial charge in [0.25, 0.3) is 0 Å². The normalized spacial score (nSPS) is 15.2. The van der Waals surface area contributed by atoms with E-state index in [1.165, 1.54) is 180 Å². The van der Waals surface area contributed by atoms with Crippen molar-refractivity contribution in [1.82, 2.24) is 4.90 Å². The molecule has 0 radical (unpaired) electrons. The number of nitrogens with zero attached hydrogens (tertiary/aromatic N) is 1. The number of ether oxygens (including phenoxy) is 1. The Bertz CT molecular complexity index is 1000. The van der Waals surface area contributed by atoms with Gasteiger partial charge in [0.1, 0.15) is 6.10 Å². The molecular formula is C57H113NO3S. The Morgan fingerprint density at radius 2 is 0.871 bits per heavy atom. The lowest BCUT2D eigenvalue weighted by atomic mass is 9.83. The SMILES string of the molecule is CCCCC(CCCC)CCCCCCCCCC(CCCCCCCCCC(CCCC)CCCC)OC(=O)C(C)(C)CC(C)(C)SC1CCN(C(C)(C)CC(C)(C)O)CC1. The van der Waals surface area contributed by atoms with E-state index in [1.54, 1.807) is 0 Å². The lowest BCUT2D eigenvalue weighted by molar-refractivity contribution is -0.161. The summed E-state index contributed by atoms with van der Waals surface area (Å²) in [5.74, 6) is 1.95. The van der Waals surface area contributed by atoms with Crippen LogP contribution in [0.5, 0.6) is 0 Å². The van der Waals surface area contributed by atoms with Gasteiger partial charge in [0, 0.05) is 15.5 Å². The lowest BCUT2D eigenvalue weighted by Gasteiger charge is -2.46. The van der Waals surface area contributed by atoms with Gasteiger partial charge in [-0.3, -0.25) is 9.69 Å². The number of hydrogen-bond acceptors (Lipinski definition) is 5. The first kappa shape index (κ1) is 59.8.